The van der Waals surface area contributed by atoms with Gasteiger partial charge in [-0.05, 0) is 42.5 Å². The molecule has 1 aliphatic heterocycles. The van der Waals surface area contributed by atoms with Gasteiger partial charge in [-0.25, -0.2) is 0 Å². The quantitative estimate of drug-likeness (QED) is 0.827. The van der Waals surface area contributed by atoms with Crippen molar-refractivity contribution in [1.29, 1.82) is 0 Å². The summed E-state index contributed by atoms with van der Waals surface area (Å²) in [6, 6.07) is 15.5. The summed E-state index contributed by atoms with van der Waals surface area (Å²) in [5.74, 6) is 0.950. The second-order valence-corrected chi connectivity index (χ2v) is 7.67. The number of benzene rings is 2. The Morgan fingerprint density at radius 1 is 1.11 bits per heavy atom. The number of ether oxygens (including phenoxy) is 1. The van der Waals surface area contributed by atoms with E-state index >= 15 is 0 Å². The molecular weight excluding hydrogens is 352 g/mol. The normalized spacial score (nSPS) is 14.9. The lowest BCUT2D eigenvalue weighted by Crippen LogP contribution is -2.41. The Morgan fingerprint density at radius 2 is 1.82 bits per heavy atom. The zero-order chi connectivity index (χ0) is 20.1. The third-order valence-electron chi connectivity index (χ3n) is 4.83. The van der Waals surface area contributed by atoms with Gasteiger partial charge in [-0.15, -0.1) is 0 Å². The minimum atomic E-state index is -0.191. The molecule has 1 N–H and O–H groups in total. The number of amides is 2. The number of rotatable bonds is 6. The average molecular weight is 380 g/mol. The maximum atomic E-state index is 12.6. The van der Waals surface area contributed by atoms with Crippen LogP contribution in [0.25, 0.3) is 0 Å². The number of anilines is 1. The molecular formula is C23H28N2O3. The van der Waals surface area contributed by atoms with E-state index in [1.165, 1.54) is 10.5 Å². The van der Waals surface area contributed by atoms with Gasteiger partial charge in [0.15, 0.2) is 0 Å². The fourth-order valence-electron chi connectivity index (χ4n) is 3.42. The predicted octanol–water partition coefficient (Wildman–Crippen LogP) is 3.88. The Bertz CT molecular complexity index is 830. The predicted molar refractivity (Wildman–Crippen MR) is 110 cm³/mol. The van der Waals surface area contributed by atoms with Crippen LogP contribution in [-0.2, 0) is 16.0 Å². The van der Waals surface area contributed by atoms with Crippen LogP contribution in [0.15, 0.2) is 48.5 Å². The van der Waals surface area contributed by atoms with Gasteiger partial charge in [-0.1, -0.05) is 50.2 Å². The zero-order valence-electron chi connectivity index (χ0n) is 16.8. The molecule has 0 saturated heterocycles. The van der Waals surface area contributed by atoms with Crippen molar-refractivity contribution < 1.29 is 14.3 Å². The topological polar surface area (TPSA) is 58.6 Å². The molecule has 2 aromatic carbocycles. The molecule has 0 bridgehead atoms. The Morgan fingerprint density at radius 3 is 2.54 bits per heavy atom. The third-order valence-corrected chi connectivity index (χ3v) is 4.83. The van der Waals surface area contributed by atoms with Gasteiger partial charge in [0.1, 0.15) is 12.3 Å². The van der Waals surface area contributed by atoms with Crippen LogP contribution in [0, 0.1) is 5.92 Å². The van der Waals surface area contributed by atoms with Crippen LogP contribution < -0.4 is 15.0 Å². The molecule has 1 heterocycles. The Hall–Kier alpha value is -2.82. The number of carbonyl (C=O) groups is 2. The molecule has 148 valence electrons. The Kier molecular flexibility index (Phi) is 6.34. The van der Waals surface area contributed by atoms with Crippen LogP contribution in [0.3, 0.4) is 0 Å². The number of nitrogens with one attached hydrogen (secondary N) is 1. The van der Waals surface area contributed by atoms with Crippen molar-refractivity contribution >= 4 is 17.5 Å². The zero-order valence-corrected chi connectivity index (χ0v) is 16.8. The minimum Gasteiger partial charge on any atom is -0.491 e. The van der Waals surface area contributed by atoms with Crippen molar-refractivity contribution in [1.82, 2.24) is 5.32 Å². The molecule has 0 fully saturated rings. The molecule has 0 saturated carbocycles. The van der Waals surface area contributed by atoms with Crippen molar-refractivity contribution in [2.24, 2.45) is 5.92 Å². The molecule has 0 spiro atoms. The summed E-state index contributed by atoms with van der Waals surface area (Å²) < 4.78 is 5.63. The van der Waals surface area contributed by atoms with Gasteiger partial charge in [-0.3, -0.25) is 14.5 Å². The van der Waals surface area contributed by atoms with Crippen LogP contribution in [0.2, 0.25) is 0 Å². The molecule has 1 atom stereocenters. The average Bonchev–Trinajstić information content (AvgIpc) is 2.81. The minimum absolute atomic E-state index is 0.0189. The van der Waals surface area contributed by atoms with Crippen molar-refractivity contribution in [3.63, 3.8) is 0 Å². The number of nitrogens with zero attached hydrogens (tertiary/aromatic N) is 1. The Balaban J connectivity index is 1.65. The maximum Gasteiger partial charge on any atom is 0.240 e. The van der Waals surface area contributed by atoms with Gasteiger partial charge in [0, 0.05) is 0 Å². The molecule has 1 aliphatic rings. The summed E-state index contributed by atoms with van der Waals surface area (Å²) in [6.45, 7) is 6.66. The van der Waals surface area contributed by atoms with Crippen LogP contribution >= 0.6 is 0 Å². The largest absolute Gasteiger partial charge is 0.491 e. The molecule has 3 rings (SSSR count). The van der Waals surface area contributed by atoms with Crippen LogP contribution in [-0.4, -0.2) is 25.0 Å². The molecule has 0 radical (unpaired) electrons. The highest BCUT2D eigenvalue weighted by molar-refractivity contribution is 6.00. The lowest BCUT2D eigenvalue weighted by atomic mass is 10.00. The van der Waals surface area contributed by atoms with Gasteiger partial charge >= 0.3 is 0 Å². The molecule has 2 amide bonds. The van der Waals surface area contributed by atoms with Crippen molar-refractivity contribution in [3.05, 3.63) is 59.7 Å². The molecule has 0 unspecified atom stereocenters. The first-order chi connectivity index (χ1) is 13.4. The number of hydrogen-bond donors (Lipinski definition) is 1. The smallest absolute Gasteiger partial charge is 0.240 e. The SMILES string of the molecule is CC(C)Cc1ccc([C@@H](C)NC(=O)CN2C(=O)CCOc3ccccc32)cc1. The second kappa shape index (κ2) is 8.91. The highest BCUT2D eigenvalue weighted by Crippen LogP contribution is 2.30. The van der Waals surface area contributed by atoms with Crippen molar-refractivity contribution in [3.8, 4) is 5.75 Å². The van der Waals surface area contributed by atoms with Gasteiger partial charge in [0.2, 0.25) is 11.8 Å². The molecule has 2 aromatic rings. The first-order valence-corrected chi connectivity index (χ1v) is 9.84. The van der Waals surface area contributed by atoms with Crippen LogP contribution in [0.5, 0.6) is 5.75 Å². The van der Waals surface area contributed by atoms with E-state index in [1.54, 1.807) is 0 Å². The first-order valence-electron chi connectivity index (χ1n) is 9.84. The van der Waals surface area contributed by atoms with E-state index in [1.807, 2.05) is 31.2 Å². The lowest BCUT2D eigenvalue weighted by Gasteiger charge is -2.23. The van der Waals surface area contributed by atoms with Gasteiger partial charge in [0.25, 0.3) is 0 Å². The van der Waals surface area contributed by atoms with E-state index in [4.69, 9.17) is 4.74 Å². The number of carbonyl (C=O) groups excluding carboxylic acids is 2. The van der Waals surface area contributed by atoms with E-state index in [9.17, 15) is 9.59 Å². The summed E-state index contributed by atoms with van der Waals surface area (Å²) >= 11 is 0. The van der Waals surface area contributed by atoms with E-state index in [2.05, 4.69) is 43.4 Å². The number of fused-ring (bicyclic) bond motifs is 1. The van der Waals surface area contributed by atoms with Gasteiger partial charge < -0.3 is 10.1 Å². The second-order valence-electron chi connectivity index (χ2n) is 7.67. The monoisotopic (exact) mass is 380 g/mol. The fourth-order valence-corrected chi connectivity index (χ4v) is 3.42. The summed E-state index contributed by atoms with van der Waals surface area (Å²) in [7, 11) is 0. The fraction of sp³-hybridized carbons (Fsp3) is 0.391. The highest BCUT2D eigenvalue weighted by Gasteiger charge is 2.25. The van der Waals surface area contributed by atoms with Crippen molar-refractivity contribution in [2.45, 2.75) is 39.7 Å². The first kappa shape index (κ1) is 19.9. The Labute approximate surface area is 166 Å². The highest BCUT2D eigenvalue weighted by atomic mass is 16.5. The summed E-state index contributed by atoms with van der Waals surface area (Å²) in [6.07, 6.45) is 1.30. The number of hydrogen-bond acceptors (Lipinski definition) is 3. The molecule has 28 heavy (non-hydrogen) atoms. The number of para-hydroxylation sites is 2. The molecule has 5 nitrogen and oxygen atoms in total. The molecule has 5 heteroatoms. The summed E-state index contributed by atoms with van der Waals surface area (Å²) in [5, 5.41) is 3.00. The summed E-state index contributed by atoms with van der Waals surface area (Å²) in [4.78, 5) is 26.6. The lowest BCUT2D eigenvalue weighted by molar-refractivity contribution is -0.124. The molecule has 0 aromatic heterocycles. The molecule has 0 aliphatic carbocycles. The van der Waals surface area contributed by atoms with Crippen molar-refractivity contribution in [2.75, 3.05) is 18.1 Å². The standard InChI is InChI=1S/C23H28N2O3/c1-16(2)14-18-8-10-19(11-9-18)17(3)24-22(26)15-25-20-6-4-5-7-21(20)28-13-12-23(25)27/h4-11,16-17H,12-15H2,1-3H3,(H,24,26)/t17-/m1/s1. The van der Waals surface area contributed by atoms with E-state index in [0.717, 1.165) is 12.0 Å². The van der Waals surface area contributed by atoms with Crippen LogP contribution in [0.1, 0.15) is 44.4 Å². The van der Waals surface area contributed by atoms with E-state index in [-0.39, 0.29) is 30.8 Å². The van der Waals surface area contributed by atoms with Gasteiger partial charge in [0.05, 0.1) is 24.8 Å². The summed E-state index contributed by atoms with van der Waals surface area (Å²) in [5.41, 5.74) is 2.99. The third kappa shape index (κ3) is 4.91. The van der Waals surface area contributed by atoms with E-state index < -0.39 is 0 Å². The van der Waals surface area contributed by atoms with Crippen LogP contribution in [0.4, 0.5) is 5.69 Å². The van der Waals surface area contributed by atoms with Gasteiger partial charge in [-0.2, -0.15) is 0 Å². The maximum absolute atomic E-state index is 12.6. The van der Waals surface area contributed by atoms with E-state index in [0.29, 0.717) is 24.0 Å².